The van der Waals surface area contributed by atoms with Gasteiger partial charge in [0.25, 0.3) is 5.91 Å². The number of amides is 1. The molecule has 4 rings (SSSR count). The molecule has 0 aliphatic carbocycles. The number of aromatic amines is 1. The number of benzene rings is 3. The Morgan fingerprint density at radius 1 is 0.870 bits per heavy atom. The fourth-order valence-electron chi connectivity index (χ4n) is 3.08. The zero-order valence-electron chi connectivity index (χ0n) is 12.1. The molecule has 0 aliphatic heterocycles. The molecule has 23 heavy (non-hydrogen) atoms. The summed E-state index contributed by atoms with van der Waals surface area (Å²) < 4.78 is 14.2. The SMILES string of the molecule is NC(=O)c1c(-c2ccccc2F)ccc2c1[nH]c1ccccc12. The first-order valence-corrected chi connectivity index (χ1v) is 7.25. The van der Waals surface area contributed by atoms with Crippen molar-refractivity contribution in [3.8, 4) is 11.1 Å². The highest BCUT2D eigenvalue weighted by atomic mass is 19.1. The molecule has 1 heterocycles. The van der Waals surface area contributed by atoms with Gasteiger partial charge in [-0.1, -0.05) is 48.5 Å². The number of para-hydroxylation sites is 1. The molecule has 0 radical (unpaired) electrons. The van der Waals surface area contributed by atoms with Crippen molar-refractivity contribution in [2.75, 3.05) is 0 Å². The normalized spacial score (nSPS) is 11.2. The Labute approximate surface area is 131 Å². The van der Waals surface area contributed by atoms with E-state index in [9.17, 15) is 9.18 Å². The van der Waals surface area contributed by atoms with Gasteiger partial charge in [-0.05, 0) is 17.7 Å². The van der Waals surface area contributed by atoms with Gasteiger partial charge in [0.2, 0.25) is 0 Å². The average Bonchev–Trinajstić information content (AvgIpc) is 2.92. The average molecular weight is 304 g/mol. The Kier molecular flexibility index (Phi) is 2.91. The molecule has 3 N–H and O–H groups in total. The Hall–Kier alpha value is -3.14. The minimum absolute atomic E-state index is 0.309. The van der Waals surface area contributed by atoms with E-state index in [4.69, 9.17) is 5.73 Å². The quantitative estimate of drug-likeness (QED) is 0.572. The molecule has 4 aromatic rings. The molecule has 0 aliphatic rings. The Bertz CT molecular complexity index is 1070. The highest BCUT2D eigenvalue weighted by Crippen LogP contribution is 2.34. The predicted molar refractivity (Wildman–Crippen MR) is 89.7 cm³/mol. The van der Waals surface area contributed by atoms with Gasteiger partial charge in [0, 0.05) is 21.9 Å². The van der Waals surface area contributed by atoms with Gasteiger partial charge in [-0.3, -0.25) is 4.79 Å². The van der Waals surface area contributed by atoms with E-state index in [0.29, 0.717) is 22.2 Å². The summed E-state index contributed by atoms with van der Waals surface area (Å²) in [7, 11) is 0. The smallest absolute Gasteiger partial charge is 0.251 e. The number of carbonyl (C=O) groups excluding carboxylic acids is 1. The lowest BCUT2D eigenvalue weighted by Gasteiger charge is -2.09. The van der Waals surface area contributed by atoms with Crippen LogP contribution in [0.4, 0.5) is 4.39 Å². The van der Waals surface area contributed by atoms with E-state index in [1.54, 1.807) is 24.3 Å². The minimum Gasteiger partial charge on any atom is -0.366 e. The molecule has 1 amide bonds. The third kappa shape index (κ3) is 1.99. The van der Waals surface area contributed by atoms with E-state index in [2.05, 4.69) is 4.98 Å². The largest absolute Gasteiger partial charge is 0.366 e. The molecule has 0 saturated heterocycles. The third-order valence-electron chi connectivity index (χ3n) is 4.09. The zero-order valence-corrected chi connectivity index (χ0v) is 12.1. The van der Waals surface area contributed by atoms with Crippen LogP contribution in [0.1, 0.15) is 10.4 Å². The van der Waals surface area contributed by atoms with Gasteiger partial charge < -0.3 is 10.7 Å². The summed E-state index contributed by atoms with van der Waals surface area (Å²) in [5, 5.41) is 1.90. The molecular weight excluding hydrogens is 291 g/mol. The molecule has 112 valence electrons. The number of fused-ring (bicyclic) bond motifs is 3. The van der Waals surface area contributed by atoms with E-state index in [1.807, 2.05) is 30.3 Å². The number of hydrogen-bond donors (Lipinski definition) is 2. The first-order valence-electron chi connectivity index (χ1n) is 7.25. The Morgan fingerprint density at radius 3 is 2.39 bits per heavy atom. The molecular formula is C19H13FN2O. The maximum atomic E-state index is 14.2. The molecule has 0 unspecified atom stereocenters. The van der Waals surface area contributed by atoms with E-state index in [0.717, 1.165) is 16.3 Å². The van der Waals surface area contributed by atoms with Gasteiger partial charge in [-0.2, -0.15) is 0 Å². The van der Waals surface area contributed by atoms with Gasteiger partial charge in [0.1, 0.15) is 5.82 Å². The number of H-pyrrole nitrogens is 1. The monoisotopic (exact) mass is 304 g/mol. The maximum absolute atomic E-state index is 14.2. The van der Waals surface area contributed by atoms with Crippen molar-refractivity contribution >= 4 is 27.7 Å². The van der Waals surface area contributed by atoms with Crippen LogP contribution >= 0.6 is 0 Å². The summed E-state index contributed by atoms with van der Waals surface area (Å²) in [5.41, 5.74) is 8.33. The maximum Gasteiger partial charge on any atom is 0.251 e. The second kappa shape index (κ2) is 4.95. The number of primary amides is 1. The van der Waals surface area contributed by atoms with Gasteiger partial charge in [0.05, 0.1) is 11.1 Å². The summed E-state index contributed by atoms with van der Waals surface area (Å²) in [6.45, 7) is 0. The van der Waals surface area contributed by atoms with Crippen molar-refractivity contribution < 1.29 is 9.18 Å². The Morgan fingerprint density at radius 2 is 1.61 bits per heavy atom. The standard InChI is InChI=1S/C19H13FN2O/c20-15-7-3-1-5-11(15)13-9-10-14-12-6-2-4-8-16(12)22-18(14)17(13)19(21)23/h1-10,22H,(H2,21,23). The van der Waals surface area contributed by atoms with Crippen LogP contribution in [0.25, 0.3) is 32.9 Å². The summed E-state index contributed by atoms with van der Waals surface area (Å²) in [4.78, 5) is 15.3. The number of rotatable bonds is 2. The summed E-state index contributed by atoms with van der Waals surface area (Å²) >= 11 is 0. The fraction of sp³-hybridized carbons (Fsp3) is 0. The van der Waals surface area contributed by atoms with Crippen LogP contribution < -0.4 is 5.73 Å². The van der Waals surface area contributed by atoms with Crippen LogP contribution in [0.3, 0.4) is 0 Å². The predicted octanol–water partition coefficient (Wildman–Crippen LogP) is 4.23. The number of hydrogen-bond acceptors (Lipinski definition) is 1. The topological polar surface area (TPSA) is 58.9 Å². The van der Waals surface area contributed by atoms with Crippen LogP contribution in [0, 0.1) is 5.82 Å². The van der Waals surface area contributed by atoms with Crippen LogP contribution in [-0.2, 0) is 0 Å². The zero-order chi connectivity index (χ0) is 16.0. The highest BCUT2D eigenvalue weighted by molar-refractivity contribution is 6.17. The van der Waals surface area contributed by atoms with Crippen molar-refractivity contribution in [3.63, 3.8) is 0 Å². The van der Waals surface area contributed by atoms with E-state index < -0.39 is 5.91 Å². The first kappa shape index (κ1) is 13.5. The van der Waals surface area contributed by atoms with Crippen molar-refractivity contribution in [2.24, 2.45) is 5.73 Å². The van der Waals surface area contributed by atoms with Crippen molar-refractivity contribution in [2.45, 2.75) is 0 Å². The molecule has 0 fully saturated rings. The number of carbonyl (C=O) groups is 1. The fourth-order valence-corrected chi connectivity index (χ4v) is 3.08. The summed E-state index contributed by atoms with van der Waals surface area (Å²) in [5.74, 6) is -0.967. The Balaban J connectivity index is 2.14. The van der Waals surface area contributed by atoms with Gasteiger partial charge in [-0.25, -0.2) is 4.39 Å². The minimum atomic E-state index is -0.583. The van der Waals surface area contributed by atoms with Crippen LogP contribution in [0.5, 0.6) is 0 Å². The molecule has 0 spiro atoms. The second-order valence-electron chi connectivity index (χ2n) is 5.43. The van der Waals surface area contributed by atoms with E-state index >= 15 is 0 Å². The molecule has 1 aromatic heterocycles. The van der Waals surface area contributed by atoms with Crippen LogP contribution in [-0.4, -0.2) is 10.9 Å². The van der Waals surface area contributed by atoms with E-state index in [-0.39, 0.29) is 5.82 Å². The first-order chi connectivity index (χ1) is 11.2. The molecule has 0 atom stereocenters. The van der Waals surface area contributed by atoms with Gasteiger partial charge in [-0.15, -0.1) is 0 Å². The van der Waals surface area contributed by atoms with Crippen molar-refractivity contribution in [1.82, 2.24) is 4.98 Å². The summed E-state index contributed by atoms with van der Waals surface area (Å²) in [6.07, 6.45) is 0. The van der Waals surface area contributed by atoms with Crippen LogP contribution in [0.15, 0.2) is 60.7 Å². The van der Waals surface area contributed by atoms with Crippen molar-refractivity contribution in [3.05, 3.63) is 72.0 Å². The molecule has 0 saturated carbocycles. The van der Waals surface area contributed by atoms with Crippen molar-refractivity contribution in [1.29, 1.82) is 0 Å². The molecule has 3 aromatic carbocycles. The number of nitrogens with one attached hydrogen (secondary N) is 1. The second-order valence-corrected chi connectivity index (χ2v) is 5.43. The molecule has 0 bridgehead atoms. The highest BCUT2D eigenvalue weighted by Gasteiger charge is 2.19. The summed E-state index contributed by atoms with van der Waals surface area (Å²) in [6, 6.07) is 17.8. The lowest BCUT2D eigenvalue weighted by atomic mass is 9.96. The lowest BCUT2D eigenvalue weighted by Crippen LogP contribution is -2.13. The molecule has 3 nitrogen and oxygen atoms in total. The van der Waals surface area contributed by atoms with E-state index in [1.165, 1.54) is 6.07 Å². The third-order valence-corrected chi connectivity index (χ3v) is 4.09. The van der Waals surface area contributed by atoms with Gasteiger partial charge >= 0.3 is 0 Å². The van der Waals surface area contributed by atoms with Crippen LogP contribution in [0.2, 0.25) is 0 Å². The number of nitrogens with two attached hydrogens (primary N) is 1. The molecule has 4 heteroatoms. The van der Waals surface area contributed by atoms with Gasteiger partial charge in [0.15, 0.2) is 0 Å². The number of aromatic nitrogens is 1. The lowest BCUT2D eigenvalue weighted by molar-refractivity contribution is 0.100. The number of halogens is 1.